The molecule has 11 heteroatoms. The summed E-state index contributed by atoms with van der Waals surface area (Å²) in [7, 11) is 1.49. The Kier molecular flexibility index (Phi) is 9.36. The lowest BCUT2D eigenvalue weighted by molar-refractivity contribution is -0.122. The predicted octanol–water partition coefficient (Wildman–Crippen LogP) is 6.64. The smallest absolute Gasteiger partial charge is 0.335 e. The van der Waals surface area contributed by atoms with Gasteiger partial charge in [0.25, 0.3) is 11.8 Å². The van der Waals surface area contributed by atoms with Crippen LogP contribution in [0.2, 0.25) is 10.0 Å². The van der Waals surface area contributed by atoms with E-state index < -0.39 is 17.8 Å². The number of benzene rings is 3. The maximum Gasteiger partial charge on any atom is 0.335 e. The van der Waals surface area contributed by atoms with E-state index in [2.05, 4.69) is 27.9 Å². The summed E-state index contributed by atoms with van der Waals surface area (Å²) >= 11 is 14.2. The molecule has 0 saturated carbocycles. The van der Waals surface area contributed by atoms with E-state index in [1.165, 1.54) is 13.2 Å². The summed E-state index contributed by atoms with van der Waals surface area (Å²) in [5, 5.41) is 3.10. The number of nitrogens with zero attached hydrogens (tertiary/aromatic N) is 1. The second kappa shape index (κ2) is 12.7. The minimum atomic E-state index is -0.831. The van der Waals surface area contributed by atoms with Gasteiger partial charge in [-0.1, -0.05) is 36.2 Å². The molecule has 4 amide bonds. The highest BCUT2D eigenvalue weighted by atomic mass is 127. The fourth-order valence-corrected chi connectivity index (χ4v) is 4.82. The average molecular weight is 681 g/mol. The molecular formula is C28H23Cl2IN2O6. The van der Waals surface area contributed by atoms with Crippen LogP contribution in [0.1, 0.15) is 24.5 Å². The number of carbonyl (C=O) groups excluding carboxylic acids is 3. The van der Waals surface area contributed by atoms with Crippen LogP contribution < -0.4 is 24.4 Å². The van der Waals surface area contributed by atoms with Crippen molar-refractivity contribution in [1.29, 1.82) is 0 Å². The van der Waals surface area contributed by atoms with Crippen LogP contribution in [0.15, 0.2) is 60.2 Å². The number of urea groups is 1. The number of nitrogens with one attached hydrogen (secondary N) is 1. The van der Waals surface area contributed by atoms with Gasteiger partial charge in [0.05, 0.1) is 33.0 Å². The Hall–Kier alpha value is -3.28. The Morgan fingerprint density at radius 2 is 1.72 bits per heavy atom. The fraction of sp³-hybridized carbons (Fsp3) is 0.179. The molecule has 0 atom stereocenters. The van der Waals surface area contributed by atoms with Gasteiger partial charge in [0.1, 0.15) is 17.9 Å². The lowest BCUT2D eigenvalue weighted by Gasteiger charge is -2.26. The van der Waals surface area contributed by atoms with Crippen LogP contribution in [-0.4, -0.2) is 31.6 Å². The molecule has 1 aliphatic heterocycles. The van der Waals surface area contributed by atoms with Gasteiger partial charge in [-0.3, -0.25) is 14.9 Å². The molecule has 202 valence electrons. The number of ether oxygens (including phenoxy) is 3. The number of barbiturate groups is 1. The summed E-state index contributed by atoms with van der Waals surface area (Å²) in [6.45, 7) is 2.75. The molecule has 0 radical (unpaired) electrons. The summed E-state index contributed by atoms with van der Waals surface area (Å²) in [4.78, 5) is 39.4. The van der Waals surface area contributed by atoms with Gasteiger partial charge in [0.2, 0.25) is 0 Å². The van der Waals surface area contributed by atoms with Crippen LogP contribution in [0.5, 0.6) is 17.2 Å². The number of amides is 4. The first-order valence-electron chi connectivity index (χ1n) is 11.8. The monoisotopic (exact) mass is 680 g/mol. The third kappa shape index (κ3) is 6.66. The van der Waals surface area contributed by atoms with Gasteiger partial charge < -0.3 is 14.2 Å². The molecule has 39 heavy (non-hydrogen) atoms. The molecule has 1 heterocycles. The number of halogens is 3. The SMILES string of the molecule is CCCOc1ccc(N2C(=O)NC(=O)/C(=C/c3cc(I)c(OCc4ccc(Cl)c(Cl)c4)c(OC)c3)C2=O)cc1. The number of anilines is 1. The summed E-state index contributed by atoms with van der Waals surface area (Å²) in [6.07, 6.45) is 2.25. The third-order valence-corrected chi connectivity index (χ3v) is 7.14. The van der Waals surface area contributed by atoms with E-state index in [-0.39, 0.29) is 12.2 Å². The van der Waals surface area contributed by atoms with Crippen LogP contribution in [0.25, 0.3) is 6.08 Å². The Morgan fingerprint density at radius 3 is 2.38 bits per heavy atom. The minimum absolute atomic E-state index is 0.205. The van der Waals surface area contributed by atoms with Crippen LogP contribution in [0.3, 0.4) is 0 Å². The Balaban J connectivity index is 1.59. The van der Waals surface area contributed by atoms with Crippen molar-refractivity contribution in [2.24, 2.45) is 0 Å². The van der Waals surface area contributed by atoms with E-state index in [0.29, 0.717) is 48.7 Å². The van der Waals surface area contributed by atoms with E-state index in [1.54, 1.807) is 54.6 Å². The zero-order valence-electron chi connectivity index (χ0n) is 20.9. The molecule has 1 fully saturated rings. The summed E-state index contributed by atoms with van der Waals surface area (Å²) in [5.41, 5.74) is 1.42. The van der Waals surface area contributed by atoms with Gasteiger partial charge in [-0.15, -0.1) is 0 Å². The highest BCUT2D eigenvalue weighted by molar-refractivity contribution is 14.1. The van der Waals surface area contributed by atoms with E-state index in [9.17, 15) is 14.4 Å². The normalized spacial score (nSPS) is 14.4. The first-order chi connectivity index (χ1) is 18.7. The van der Waals surface area contributed by atoms with Crippen molar-refractivity contribution in [2.75, 3.05) is 18.6 Å². The second-order valence-corrected chi connectivity index (χ2v) is 10.3. The minimum Gasteiger partial charge on any atom is -0.494 e. The fourth-order valence-electron chi connectivity index (χ4n) is 3.72. The first kappa shape index (κ1) is 28.7. The van der Waals surface area contributed by atoms with Crippen LogP contribution >= 0.6 is 45.8 Å². The van der Waals surface area contributed by atoms with E-state index in [1.807, 2.05) is 6.92 Å². The largest absolute Gasteiger partial charge is 0.494 e. The average Bonchev–Trinajstić information content (AvgIpc) is 2.91. The molecule has 0 unspecified atom stereocenters. The number of imide groups is 2. The maximum atomic E-state index is 13.3. The molecule has 1 saturated heterocycles. The molecule has 8 nitrogen and oxygen atoms in total. The Labute approximate surface area is 249 Å². The molecule has 0 aliphatic carbocycles. The molecule has 0 aromatic heterocycles. The number of methoxy groups -OCH3 is 1. The summed E-state index contributed by atoms with van der Waals surface area (Å²) < 4.78 is 17.7. The molecule has 3 aromatic carbocycles. The standard InChI is InChI=1S/C28H23Cl2IN2O6/c1-3-10-38-19-7-5-18(6-8-19)33-27(35)20(26(34)32-28(33)36)11-17-13-23(31)25(24(14-17)37-2)39-15-16-4-9-21(29)22(30)12-16/h4-9,11-14H,3,10,15H2,1-2H3,(H,32,34,36)/b20-11-. The van der Waals surface area contributed by atoms with Crippen molar-refractivity contribution in [3.63, 3.8) is 0 Å². The number of carbonyl (C=O) groups is 3. The van der Waals surface area contributed by atoms with Gasteiger partial charge in [-0.2, -0.15) is 0 Å². The van der Waals surface area contributed by atoms with Crippen molar-refractivity contribution in [3.05, 3.63) is 84.9 Å². The van der Waals surface area contributed by atoms with Crippen molar-refractivity contribution in [3.8, 4) is 17.2 Å². The number of hydrogen-bond acceptors (Lipinski definition) is 6. The lowest BCUT2D eigenvalue weighted by atomic mass is 10.1. The Morgan fingerprint density at radius 1 is 0.974 bits per heavy atom. The van der Waals surface area contributed by atoms with E-state index in [4.69, 9.17) is 37.4 Å². The molecule has 1 aliphatic rings. The predicted molar refractivity (Wildman–Crippen MR) is 158 cm³/mol. The van der Waals surface area contributed by atoms with Gasteiger partial charge in [-0.25, -0.2) is 9.69 Å². The first-order valence-corrected chi connectivity index (χ1v) is 13.6. The quantitative estimate of drug-likeness (QED) is 0.155. The highest BCUT2D eigenvalue weighted by Crippen LogP contribution is 2.36. The molecule has 4 rings (SSSR count). The maximum absolute atomic E-state index is 13.3. The lowest BCUT2D eigenvalue weighted by Crippen LogP contribution is -2.54. The summed E-state index contributed by atoms with van der Waals surface area (Å²) in [6, 6.07) is 14.3. The molecule has 3 aromatic rings. The molecule has 1 N–H and O–H groups in total. The van der Waals surface area contributed by atoms with E-state index in [0.717, 1.165) is 16.9 Å². The molecular weight excluding hydrogens is 658 g/mol. The van der Waals surface area contributed by atoms with Gasteiger partial charge >= 0.3 is 6.03 Å². The van der Waals surface area contributed by atoms with Crippen LogP contribution in [0.4, 0.5) is 10.5 Å². The van der Waals surface area contributed by atoms with Crippen molar-refractivity contribution in [1.82, 2.24) is 5.32 Å². The van der Waals surface area contributed by atoms with Crippen LogP contribution in [0, 0.1) is 3.57 Å². The van der Waals surface area contributed by atoms with Gasteiger partial charge in [0, 0.05) is 0 Å². The topological polar surface area (TPSA) is 94.2 Å². The Bertz CT molecular complexity index is 1460. The summed E-state index contributed by atoms with van der Waals surface area (Å²) in [5.74, 6) is -0.0561. The van der Waals surface area contributed by atoms with Crippen molar-refractivity contribution < 1.29 is 28.6 Å². The van der Waals surface area contributed by atoms with Gasteiger partial charge in [0.15, 0.2) is 11.5 Å². The van der Waals surface area contributed by atoms with Crippen molar-refractivity contribution in [2.45, 2.75) is 20.0 Å². The molecule has 0 spiro atoms. The van der Waals surface area contributed by atoms with Gasteiger partial charge in [-0.05, 0) is 94.7 Å². The highest BCUT2D eigenvalue weighted by Gasteiger charge is 2.37. The number of rotatable bonds is 9. The zero-order valence-corrected chi connectivity index (χ0v) is 24.6. The molecule has 0 bridgehead atoms. The zero-order chi connectivity index (χ0) is 28.1. The number of hydrogen-bond donors (Lipinski definition) is 1. The van der Waals surface area contributed by atoms with E-state index >= 15 is 0 Å². The van der Waals surface area contributed by atoms with Crippen molar-refractivity contribution >= 4 is 75.4 Å². The second-order valence-electron chi connectivity index (χ2n) is 8.37. The third-order valence-electron chi connectivity index (χ3n) is 5.60. The van der Waals surface area contributed by atoms with Crippen LogP contribution in [-0.2, 0) is 16.2 Å².